The van der Waals surface area contributed by atoms with Gasteiger partial charge in [-0.1, -0.05) is 0 Å². The van der Waals surface area contributed by atoms with Crippen molar-refractivity contribution in [2.75, 3.05) is 27.9 Å². The summed E-state index contributed by atoms with van der Waals surface area (Å²) in [6.07, 6.45) is 0.632. The van der Waals surface area contributed by atoms with Crippen LogP contribution in [0, 0.1) is 0 Å². The lowest BCUT2D eigenvalue weighted by molar-refractivity contribution is 0.0933. The lowest BCUT2D eigenvalue weighted by Gasteiger charge is -2.13. The highest BCUT2D eigenvalue weighted by Crippen LogP contribution is 2.31. The third-order valence-electron chi connectivity index (χ3n) is 4.11. The van der Waals surface area contributed by atoms with Gasteiger partial charge in [-0.05, 0) is 30.3 Å². The van der Waals surface area contributed by atoms with Crippen LogP contribution in [0.5, 0.6) is 23.0 Å². The lowest BCUT2D eigenvalue weighted by atomic mass is 10.1. The fourth-order valence-electron chi connectivity index (χ4n) is 2.78. The van der Waals surface area contributed by atoms with E-state index < -0.39 is 0 Å². The number of amides is 1. The highest BCUT2D eigenvalue weighted by atomic mass is 16.5. The molecule has 1 amide bonds. The molecule has 1 unspecified atom stereocenters. The molecule has 0 radical (unpaired) electrons. The Bertz CT molecular complexity index is 752. The van der Waals surface area contributed by atoms with Crippen LogP contribution in [-0.4, -0.2) is 39.9 Å². The molecule has 0 aliphatic carbocycles. The number of carbonyl (C=O) groups is 1. The number of benzene rings is 2. The van der Waals surface area contributed by atoms with Crippen LogP contribution in [0.1, 0.15) is 15.9 Å². The van der Waals surface area contributed by atoms with Crippen LogP contribution in [0.2, 0.25) is 0 Å². The highest BCUT2D eigenvalue weighted by molar-refractivity contribution is 5.95. The summed E-state index contributed by atoms with van der Waals surface area (Å²) in [5, 5.41) is 2.90. The maximum absolute atomic E-state index is 12.4. The Hall–Kier alpha value is -2.89. The first kappa shape index (κ1) is 17.0. The van der Waals surface area contributed by atoms with Crippen LogP contribution in [0.25, 0.3) is 0 Å². The number of ether oxygens (including phenoxy) is 4. The molecular formula is C19H21NO5. The molecule has 132 valence electrons. The molecule has 25 heavy (non-hydrogen) atoms. The summed E-state index contributed by atoms with van der Waals surface area (Å²) in [5.74, 6) is 2.58. The van der Waals surface area contributed by atoms with Crippen LogP contribution < -0.4 is 24.3 Å². The normalized spacial score (nSPS) is 15.1. The van der Waals surface area contributed by atoms with Gasteiger partial charge in [0.25, 0.3) is 5.91 Å². The number of methoxy groups -OCH3 is 3. The molecule has 1 N–H and O–H groups in total. The molecule has 0 aromatic heterocycles. The Morgan fingerprint density at radius 1 is 1.04 bits per heavy atom. The predicted molar refractivity (Wildman–Crippen MR) is 93.0 cm³/mol. The van der Waals surface area contributed by atoms with Crippen molar-refractivity contribution in [1.82, 2.24) is 5.32 Å². The number of hydrogen-bond acceptors (Lipinski definition) is 5. The molecule has 1 aliphatic heterocycles. The Labute approximate surface area is 146 Å². The molecule has 3 rings (SSSR count). The second kappa shape index (κ2) is 7.34. The van der Waals surface area contributed by atoms with Crippen LogP contribution in [0.15, 0.2) is 36.4 Å². The van der Waals surface area contributed by atoms with Crippen molar-refractivity contribution in [2.45, 2.75) is 12.5 Å². The third kappa shape index (κ3) is 3.79. The van der Waals surface area contributed by atoms with Gasteiger partial charge in [0.05, 0.1) is 27.9 Å². The fraction of sp³-hybridized carbons (Fsp3) is 0.316. The number of hydrogen-bond donors (Lipinski definition) is 1. The number of fused-ring (bicyclic) bond motifs is 1. The van der Waals surface area contributed by atoms with Crippen LogP contribution in [0.3, 0.4) is 0 Å². The minimum Gasteiger partial charge on any atom is -0.497 e. The van der Waals surface area contributed by atoms with E-state index in [2.05, 4.69) is 5.32 Å². The molecule has 6 heteroatoms. The molecule has 2 aromatic rings. The van der Waals surface area contributed by atoms with E-state index in [4.69, 9.17) is 18.9 Å². The minimum absolute atomic E-state index is 0.0986. The van der Waals surface area contributed by atoms with Crippen molar-refractivity contribution in [3.63, 3.8) is 0 Å². The molecule has 2 aromatic carbocycles. The van der Waals surface area contributed by atoms with Gasteiger partial charge < -0.3 is 24.3 Å². The monoisotopic (exact) mass is 343 g/mol. The van der Waals surface area contributed by atoms with Crippen molar-refractivity contribution < 1.29 is 23.7 Å². The second-order valence-corrected chi connectivity index (χ2v) is 5.73. The van der Waals surface area contributed by atoms with Gasteiger partial charge in [0.15, 0.2) is 0 Å². The van der Waals surface area contributed by atoms with Crippen molar-refractivity contribution in [3.8, 4) is 23.0 Å². The maximum atomic E-state index is 12.4. The largest absolute Gasteiger partial charge is 0.497 e. The van der Waals surface area contributed by atoms with Crippen molar-refractivity contribution in [2.24, 2.45) is 0 Å². The Morgan fingerprint density at radius 2 is 1.72 bits per heavy atom. The predicted octanol–water partition coefficient (Wildman–Crippen LogP) is 2.45. The zero-order chi connectivity index (χ0) is 17.8. The van der Waals surface area contributed by atoms with E-state index in [1.165, 1.54) is 0 Å². The average molecular weight is 343 g/mol. The van der Waals surface area contributed by atoms with E-state index in [0.717, 1.165) is 23.5 Å². The van der Waals surface area contributed by atoms with Gasteiger partial charge >= 0.3 is 0 Å². The van der Waals surface area contributed by atoms with E-state index in [1.54, 1.807) is 39.5 Å². The van der Waals surface area contributed by atoms with Gasteiger partial charge in [-0.15, -0.1) is 0 Å². The molecule has 0 spiro atoms. The molecule has 0 fully saturated rings. The maximum Gasteiger partial charge on any atom is 0.251 e. The number of carbonyl (C=O) groups excluding carboxylic acids is 1. The van der Waals surface area contributed by atoms with Gasteiger partial charge in [0.2, 0.25) is 0 Å². The van der Waals surface area contributed by atoms with Gasteiger partial charge in [0, 0.05) is 23.6 Å². The van der Waals surface area contributed by atoms with Crippen LogP contribution in [-0.2, 0) is 6.42 Å². The van der Waals surface area contributed by atoms with Gasteiger partial charge in [-0.3, -0.25) is 4.79 Å². The van der Waals surface area contributed by atoms with E-state index >= 15 is 0 Å². The Balaban J connectivity index is 1.62. The lowest BCUT2D eigenvalue weighted by Crippen LogP contribution is -2.34. The molecule has 1 aliphatic rings. The van der Waals surface area contributed by atoms with Gasteiger partial charge in [0.1, 0.15) is 29.1 Å². The van der Waals surface area contributed by atoms with E-state index in [0.29, 0.717) is 23.6 Å². The summed E-state index contributed by atoms with van der Waals surface area (Å²) in [6.45, 7) is 0.412. The summed E-state index contributed by atoms with van der Waals surface area (Å²) in [6, 6.07) is 10.8. The summed E-state index contributed by atoms with van der Waals surface area (Å²) in [4.78, 5) is 12.4. The van der Waals surface area contributed by atoms with Crippen LogP contribution >= 0.6 is 0 Å². The second-order valence-electron chi connectivity index (χ2n) is 5.73. The molecule has 0 saturated carbocycles. The third-order valence-corrected chi connectivity index (χ3v) is 4.11. The van der Waals surface area contributed by atoms with Crippen molar-refractivity contribution in [3.05, 3.63) is 47.5 Å². The topological polar surface area (TPSA) is 66.0 Å². The average Bonchev–Trinajstić information content (AvgIpc) is 3.07. The van der Waals surface area contributed by atoms with Gasteiger partial charge in [-0.2, -0.15) is 0 Å². The summed E-state index contributed by atoms with van der Waals surface area (Å²) < 4.78 is 21.5. The Kier molecular flexibility index (Phi) is 4.97. The zero-order valence-electron chi connectivity index (χ0n) is 14.5. The first-order valence-corrected chi connectivity index (χ1v) is 7.97. The number of rotatable bonds is 6. The first-order valence-electron chi connectivity index (χ1n) is 7.97. The van der Waals surface area contributed by atoms with Crippen LogP contribution in [0.4, 0.5) is 0 Å². The summed E-state index contributed by atoms with van der Waals surface area (Å²) in [7, 11) is 4.74. The SMILES string of the molecule is COc1cc(OC)cc(C(=O)NCC2Cc3cc(OC)ccc3O2)c1. The highest BCUT2D eigenvalue weighted by Gasteiger charge is 2.24. The number of nitrogens with one attached hydrogen (secondary N) is 1. The molecule has 0 bridgehead atoms. The quantitative estimate of drug-likeness (QED) is 0.873. The van der Waals surface area contributed by atoms with E-state index in [9.17, 15) is 4.79 Å². The minimum atomic E-state index is -0.200. The molecule has 6 nitrogen and oxygen atoms in total. The zero-order valence-corrected chi connectivity index (χ0v) is 14.5. The smallest absolute Gasteiger partial charge is 0.251 e. The summed E-state index contributed by atoms with van der Waals surface area (Å²) in [5.41, 5.74) is 1.56. The first-order chi connectivity index (χ1) is 12.1. The molecule has 1 heterocycles. The summed E-state index contributed by atoms with van der Waals surface area (Å²) >= 11 is 0. The van der Waals surface area contributed by atoms with E-state index in [1.807, 2.05) is 18.2 Å². The molecular weight excluding hydrogens is 322 g/mol. The Morgan fingerprint density at radius 3 is 2.36 bits per heavy atom. The van der Waals surface area contributed by atoms with Crippen molar-refractivity contribution >= 4 is 5.91 Å². The van der Waals surface area contributed by atoms with Gasteiger partial charge in [-0.25, -0.2) is 0 Å². The van der Waals surface area contributed by atoms with E-state index in [-0.39, 0.29) is 12.0 Å². The fourth-order valence-corrected chi connectivity index (χ4v) is 2.78. The standard InChI is InChI=1S/C19H21NO5/c1-22-14-4-5-18-12(6-14)7-17(25-18)11-20-19(21)13-8-15(23-2)10-16(9-13)24-3/h4-6,8-10,17H,7,11H2,1-3H3,(H,20,21). The van der Waals surface area contributed by atoms with Crippen molar-refractivity contribution in [1.29, 1.82) is 0 Å². The molecule has 1 atom stereocenters. The molecule has 0 saturated heterocycles.